The van der Waals surface area contributed by atoms with E-state index in [0.29, 0.717) is 18.6 Å². The summed E-state index contributed by atoms with van der Waals surface area (Å²) in [5, 5.41) is 8.85. The van der Waals surface area contributed by atoms with Crippen molar-refractivity contribution in [3.05, 3.63) is 0 Å². The highest BCUT2D eigenvalue weighted by atomic mass is 16.5. The molecule has 0 aromatic rings. The van der Waals surface area contributed by atoms with E-state index in [-0.39, 0.29) is 0 Å². The van der Waals surface area contributed by atoms with Crippen LogP contribution in [0.15, 0.2) is 0 Å². The molecule has 1 rings (SSSR count). The minimum absolute atomic E-state index is 0.333. The summed E-state index contributed by atoms with van der Waals surface area (Å²) in [6, 6.07) is 0. The maximum atomic E-state index is 8.85. The Labute approximate surface area is 62.2 Å². The summed E-state index contributed by atoms with van der Waals surface area (Å²) in [7, 11) is 1.75. The second kappa shape index (κ2) is 3.94. The zero-order chi connectivity index (χ0) is 7.40. The highest BCUT2D eigenvalue weighted by molar-refractivity contribution is 4.72. The van der Waals surface area contributed by atoms with Gasteiger partial charge in [0.1, 0.15) is 0 Å². The first kappa shape index (κ1) is 8.02. The third kappa shape index (κ3) is 1.96. The van der Waals surface area contributed by atoms with Crippen LogP contribution in [0.25, 0.3) is 0 Å². The molecule has 10 heavy (non-hydrogen) atoms. The lowest BCUT2D eigenvalue weighted by molar-refractivity contribution is 0.0363. The Kier molecular flexibility index (Phi) is 3.16. The van der Waals surface area contributed by atoms with Crippen molar-refractivity contribution < 1.29 is 9.84 Å². The number of rotatable bonds is 2. The molecule has 0 saturated heterocycles. The molecule has 0 unspecified atom stereocenters. The van der Waals surface area contributed by atoms with Crippen molar-refractivity contribution in [3.8, 4) is 0 Å². The van der Waals surface area contributed by atoms with Crippen molar-refractivity contribution in [2.24, 2.45) is 5.92 Å². The van der Waals surface area contributed by atoms with Gasteiger partial charge in [0, 0.05) is 13.7 Å². The first-order valence-corrected chi connectivity index (χ1v) is 4.00. The summed E-state index contributed by atoms with van der Waals surface area (Å²) >= 11 is 0. The summed E-state index contributed by atoms with van der Waals surface area (Å²) in [5.41, 5.74) is 0. The van der Waals surface area contributed by atoms with Crippen LogP contribution in [0.5, 0.6) is 0 Å². The van der Waals surface area contributed by atoms with Gasteiger partial charge in [-0.15, -0.1) is 0 Å². The standard InChI is InChI=1S/C8H16O2/c1-10-8-4-2-3-7(5-8)6-9/h7-9H,2-6H2,1H3/t7-,8-/m0/s1. The van der Waals surface area contributed by atoms with E-state index in [1.54, 1.807) is 7.11 Å². The molecule has 1 fully saturated rings. The first-order valence-electron chi connectivity index (χ1n) is 4.00. The lowest BCUT2D eigenvalue weighted by atomic mass is 9.88. The highest BCUT2D eigenvalue weighted by Gasteiger charge is 2.20. The van der Waals surface area contributed by atoms with E-state index in [0.717, 1.165) is 6.42 Å². The molecule has 0 radical (unpaired) electrons. The van der Waals surface area contributed by atoms with E-state index < -0.39 is 0 Å². The lowest BCUT2D eigenvalue weighted by Crippen LogP contribution is -2.23. The number of aliphatic hydroxyl groups excluding tert-OH is 1. The number of ether oxygens (including phenoxy) is 1. The van der Waals surface area contributed by atoms with Crippen LogP contribution in [0.2, 0.25) is 0 Å². The van der Waals surface area contributed by atoms with Crippen LogP contribution in [0.3, 0.4) is 0 Å². The van der Waals surface area contributed by atoms with Gasteiger partial charge in [-0.2, -0.15) is 0 Å². The molecule has 2 heteroatoms. The number of methoxy groups -OCH3 is 1. The number of hydrogen-bond acceptors (Lipinski definition) is 2. The monoisotopic (exact) mass is 144 g/mol. The van der Waals surface area contributed by atoms with Gasteiger partial charge in [0.15, 0.2) is 0 Å². The third-order valence-corrected chi connectivity index (χ3v) is 2.33. The molecule has 2 atom stereocenters. The van der Waals surface area contributed by atoms with E-state index in [1.165, 1.54) is 19.3 Å². The van der Waals surface area contributed by atoms with Crippen LogP contribution in [0.1, 0.15) is 25.7 Å². The lowest BCUT2D eigenvalue weighted by Gasteiger charge is -2.26. The number of hydrogen-bond donors (Lipinski definition) is 1. The van der Waals surface area contributed by atoms with Crippen molar-refractivity contribution >= 4 is 0 Å². The van der Waals surface area contributed by atoms with Crippen LogP contribution < -0.4 is 0 Å². The fourth-order valence-corrected chi connectivity index (χ4v) is 1.62. The largest absolute Gasteiger partial charge is 0.396 e. The van der Waals surface area contributed by atoms with Crippen molar-refractivity contribution in [2.75, 3.05) is 13.7 Å². The summed E-state index contributed by atoms with van der Waals surface area (Å²) in [4.78, 5) is 0. The Morgan fingerprint density at radius 1 is 1.50 bits per heavy atom. The Balaban J connectivity index is 2.25. The average Bonchev–Trinajstić information content (AvgIpc) is 2.05. The molecule has 1 saturated carbocycles. The molecule has 0 aromatic heterocycles. The van der Waals surface area contributed by atoms with E-state index in [1.807, 2.05) is 0 Å². The van der Waals surface area contributed by atoms with Crippen LogP contribution in [0.4, 0.5) is 0 Å². The Hall–Kier alpha value is -0.0800. The van der Waals surface area contributed by atoms with Crippen molar-refractivity contribution in [3.63, 3.8) is 0 Å². The summed E-state index contributed by atoms with van der Waals surface area (Å²) in [6.45, 7) is 0.333. The molecule has 2 nitrogen and oxygen atoms in total. The molecule has 1 aliphatic rings. The minimum Gasteiger partial charge on any atom is -0.396 e. The number of aliphatic hydroxyl groups is 1. The fraction of sp³-hybridized carbons (Fsp3) is 1.00. The summed E-state index contributed by atoms with van der Waals surface area (Å²) in [6.07, 6.45) is 5.02. The Morgan fingerprint density at radius 2 is 2.30 bits per heavy atom. The van der Waals surface area contributed by atoms with Crippen molar-refractivity contribution in [2.45, 2.75) is 31.8 Å². The van der Waals surface area contributed by atoms with Crippen molar-refractivity contribution in [1.82, 2.24) is 0 Å². The predicted octanol–water partition coefficient (Wildman–Crippen LogP) is 1.18. The van der Waals surface area contributed by atoms with Gasteiger partial charge in [-0.05, 0) is 25.2 Å². The molecule has 0 aromatic carbocycles. The highest BCUT2D eigenvalue weighted by Crippen LogP contribution is 2.25. The van der Waals surface area contributed by atoms with Crippen LogP contribution in [0, 0.1) is 5.92 Å². The SMILES string of the molecule is CO[C@H]1CCC[C@H](CO)C1. The Bertz CT molecular complexity index is 83.3. The molecule has 0 spiro atoms. The zero-order valence-electron chi connectivity index (χ0n) is 6.55. The second-order valence-corrected chi connectivity index (χ2v) is 3.07. The van der Waals surface area contributed by atoms with E-state index in [9.17, 15) is 0 Å². The maximum absolute atomic E-state index is 8.85. The molecular formula is C8H16O2. The van der Waals surface area contributed by atoms with E-state index >= 15 is 0 Å². The van der Waals surface area contributed by atoms with Gasteiger partial charge in [-0.25, -0.2) is 0 Å². The van der Waals surface area contributed by atoms with Gasteiger partial charge in [0.2, 0.25) is 0 Å². The van der Waals surface area contributed by atoms with Gasteiger partial charge >= 0.3 is 0 Å². The molecule has 60 valence electrons. The first-order chi connectivity index (χ1) is 4.86. The van der Waals surface area contributed by atoms with Crippen molar-refractivity contribution in [1.29, 1.82) is 0 Å². The van der Waals surface area contributed by atoms with Gasteiger partial charge in [0.25, 0.3) is 0 Å². The molecule has 1 aliphatic carbocycles. The van der Waals surface area contributed by atoms with Gasteiger partial charge in [0.05, 0.1) is 6.10 Å². The second-order valence-electron chi connectivity index (χ2n) is 3.07. The molecule has 0 amide bonds. The van der Waals surface area contributed by atoms with Gasteiger partial charge in [-0.3, -0.25) is 0 Å². The molecule has 0 heterocycles. The molecular weight excluding hydrogens is 128 g/mol. The molecule has 0 bridgehead atoms. The van der Waals surface area contributed by atoms with Crippen LogP contribution in [-0.4, -0.2) is 24.9 Å². The van der Waals surface area contributed by atoms with Gasteiger partial charge in [-0.1, -0.05) is 6.42 Å². The third-order valence-electron chi connectivity index (χ3n) is 2.33. The fourth-order valence-electron chi connectivity index (χ4n) is 1.62. The molecule has 1 N–H and O–H groups in total. The smallest absolute Gasteiger partial charge is 0.0574 e. The maximum Gasteiger partial charge on any atom is 0.0574 e. The van der Waals surface area contributed by atoms with E-state index in [4.69, 9.17) is 9.84 Å². The summed E-state index contributed by atoms with van der Waals surface area (Å²) < 4.78 is 5.21. The zero-order valence-corrected chi connectivity index (χ0v) is 6.55. The van der Waals surface area contributed by atoms with Crippen LogP contribution in [-0.2, 0) is 4.74 Å². The van der Waals surface area contributed by atoms with Crippen LogP contribution >= 0.6 is 0 Å². The van der Waals surface area contributed by atoms with Gasteiger partial charge < -0.3 is 9.84 Å². The molecule has 0 aliphatic heterocycles. The Morgan fingerprint density at radius 3 is 2.90 bits per heavy atom. The minimum atomic E-state index is 0.333. The quantitative estimate of drug-likeness (QED) is 0.630. The van der Waals surface area contributed by atoms with E-state index in [2.05, 4.69) is 0 Å². The average molecular weight is 144 g/mol. The normalized spacial score (nSPS) is 34.2. The predicted molar refractivity (Wildman–Crippen MR) is 39.8 cm³/mol. The topological polar surface area (TPSA) is 29.5 Å². The summed E-state index contributed by atoms with van der Waals surface area (Å²) in [5.74, 6) is 0.499.